The second kappa shape index (κ2) is 5.35. The van der Waals surface area contributed by atoms with Gasteiger partial charge in [0.15, 0.2) is 5.13 Å². The lowest BCUT2D eigenvalue weighted by Gasteiger charge is -2.09. The number of aromatic amines is 1. The third-order valence-electron chi connectivity index (χ3n) is 2.93. The molecule has 2 heterocycles. The van der Waals surface area contributed by atoms with E-state index in [1.54, 1.807) is 0 Å². The van der Waals surface area contributed by atoms with E-state index in [0.717, 1.165) is 16.8 Å². The Morgan fingerprint density at radius 1 is 1.25 bits per heavy atom. The number of hydrogen-bond donors (Lipinski definition) is 3. The van der Waals surface area contributed by atoms with E-state index in [-0.39, 0.29) is 6.04 Å². The number of H-pyrrole nitrogens is 1. The second-order valence-electron chi connectivity index (χ2n) is 4.35. The Morgan fingerprint density at radius 2 is 2.05 bits per heavy atom. The first kappa shape index (κ1) is 12.7. The molecule has 1 aromatic carbocycles. The van der Waals surface area contributed by atoms with E-state index < -0.39 is 0 Å². The quantitative estimate of drug-likeness (QED) is 0.662. The lowest BCUT2D eigenvalue weighted by atomic mass is 10.0. The van der Waals surface area contributed by atoms with Crippen LogP contribution in [0.3, 0.4) is 0 Å². The summed E-state index contributed by atoms with van der Waals surface area (Å²) in [5.74, 6) is 0.577. The van der Waals surface area contributed by atoms with E-state index in [9.17, 15) is 0 Å². The summed E-state index contributed by atoms with van der Waals surface area (Å²) < 4.78 is 0. The van der Waals surface area contributed by atoms with Gasteiger partial charge in [-0.1, -0.05) is 24.3 Å². The maximum Gasteiger partial charge on any atom is 0.204 e. The average Bonchev–Trinajstić information content (AvgIpc) is 3.10. The monoisotopic (exact) mass is 287 g/mol. The van der Waals surface area contributed by atoms with Crippen LogP contribution in [-0.2, 0) is 6.42 Å². The fourth-order valence-electron chi connectivity index (χ4n) is 1.90. The molecular formula is C12H13N7S. The van der Waals surface area contributed by atoms with Gasteiger partial charge in [0.05, 0.1) is 11.7 Å². The lowest BCUT2D eigenvalue weighted by Crippen LogP contribution is -2.13. The molecule has 0 aliphatic heterocycles. The fraction of sp³-hybridized carbons (Fsp3) is 0.167. The number of rotatable bonds is 4. The zero-order valence-corrected chi connectivity index (χ0v) is 11.3. The van der Waals surface area contributed by atoms with E-state index in [4.69, 9.17) is 11.5 Å². The molecule has 8 heteroatoms. The number of nitrogens with zero attached hydrogens (tertiary/aromatic N) is 4. The van der Waals surface area contributed by atoms with Crippen molar-refractivity contribution in [3.8, 4) is 11.4 Å². The van der Waals surface area contributed by atoms with Gasteiger partial charge in [0, 0.05) is 10.9 Å². The van der Waals surface area contributed by atoms with Gasteiger partial charge < -0.3 is 11.5 Å². The largest absolute Gasteiger partial charge is 0.375 e. The van der Waals surface area contributed by atoms with Crippen LogP contribution in [0, 0.1) is 0 Å². The van der Waals surface area contributed by atoms with Crippen molar-refractivity contribution in [2.24, 2.45) is 5.73 Å². The van der Waals surface area contributed by atoms with Crippen molar-refractivity contribution in [1.82, 2.24) is 25.6 Å². The van der Waals surface area contributed by atoms with Crippen LogP contribution < -0.4 is 11.5 Å². The van der Waals surface area contributed by atoms with Gasteiger partial charge in [0.1, 0.15) is 0 Å². The van der Waals surface area contributed by atoms with Crippen LogP contribution in [0.4, 0.5) is 5.13 Å². The minimum atomic E-state index is -0.153. The summed E-state index contributed by atoms with van der Waals surface area (Å²) in [6.07, 6.45) is 0.704. The Hall–Kier alpha value is -2.32. The number of anilines is 1. The minimum absolute atomic E-state index is 0.153. The van der Waals surface area contributed by atoms with Gasteiger partial charge in [-0.2, -0.15) is 5.21 Å². The van der Waals surface area contributed by atoms with Crippen LogP contribution in [0.5, 0.6) is 0 Å². The van der Waals surface area contributed by atoms with Gasteiger partial charge in [-0.3, -0.25) is 0 Å². The molecule has 1 atom stereocenters. The number of nitrogen functional groups attached to an aromatic ring is 1. The summed E-state index contributed by atoms with van der Waals surface area (Å²) in [6.45, 7) is 0. The lowest BCUT2D eigenvalue weighted by molar-refractivity contribution is 0.703. The first-order valence-electron chi connectivity index (χ1n) is 6.01. The van der Waals surface area contributed by atoms with Crippen molar-refractivity contribution in [2.45, 2.75) is 12.5 Å². The van der Waals surface area contributed by atoms with Crippen LogP contribution in [0.2, 0.25) is 0 Å². The normalized spacial score (nSPS) is 12.4. The predicted molar refractivity (Wildman–Crippen MR) is 76.8 cm³/mol. The Bertz CT molecular complexity index is 674. The van der Waals surface area contributed by atoms with Gasteiger partial charge in [-0.05, 0) is 17.2 Å². The zero-order chi connectivity index (χ0) is 13.9. The molecule has 7 nitrogen and oxygen atoms in total. The van der Waals surface area contributed by atoms with Crippen molar-refractivity contribution < 1.29 is 0 Å². The molecule has 3 rings (SSSR count). The molecule has 0 fully saturated rings. The molecule has 20 heavy (non-hydrogen) atoms. The van der Waals surface area contributed by atoms with Gasteiger partial charge in [0.2, 0.25) is 5.82 Å². The third-order valence-corrected chi connectivity index (χ3v) is 3.62. The minimum Gasteiger partial charge on any atom is -0.375 e. The Labute approximate surface area is 119 Å². The average molecular weight is 287 g/mol. The van der Waals surface area contributed by atoms with Crippen molar-refractivity contribution >= 4 is 16.5 Å². The highest BCUT2D eigenvalue weighted by atomic mass is 32.1. The molecular weight excluding hydrogens is 274 g/mol. The Morgan fingerprint density at radius 3 is 2.65 bits per heavy atom. The fourth-order valence-corrected chi connectivity index (χ4v) is 2.53. The number of aromatic nitrogens is 5. The smallest absolute Gasteiger partial charge is 0.204 e. The van der Waals surface area contributed by atoms with Crippen molar-refractivity contribution in [3.05, 3.63) is 40.9 Å². The van der Waals surface area contributed by atoms with Crippen LogP contribution in [-0.4, -0.2) is 25.6 Å². The van der Waals surface area contributed by atoms with Crippen LogP contribution in [0.1, 0.15) is 17.3 Å². The highest BCUT2D eigenvalue weighted by Gasteiger charge is 2.11. The molecule has 0 aliphatic carbocycles. The molecule has 0 bridgehead atoms. The second-order valence-corrected chi connectivity index (χ2v) is 5.24. The van der Waals surface area contributed by atoms with Gasteiger partial charge in [-0.15, -0.1) is 21.5 Å². The summed E-state index contributed by atoms with van der Waals surface area (Å²) >= 11 is 1.40. The third kappa shape index (κ3) is 2.65. The van der Waals surface area contributed by atoms with E-state index >= 15 is 0 Å². The summed E-state index contributed by atoms with van der Waals surface area (Å²) in [6, 6.07) is 7.74. The van der Waals surface area contributed by atoms with Crippen LogP contribution >= 0.6 is 11.3 Å². The zero-order valence-electron chi connectivity index (χ0n) is 10.5. The number of thiazole rings is 1. The molecule has 2 aromatic heterocycles. The molecule has 0 radical (unpaired) electrons. The van der Waals surface area contributed by atoms with Gasteiger partial charge >= 0.3 is 0 Å². The summed E-state index contributed by atoms with van der Waals surface area (Å²) in [5, 5.41) is 16.3. The number of nitrogens with two attached hydrogens (primary N) is 2. The number of nitrogens with one attached hydrogen (secondary N) is 1. The maximum atomic E-state index is 6.12. The number of benzene rings is 1. The first-order valence-corrected chi connectivity index (χ1v) is 6.89. The standard InChI is InChI=1S/C12H13N7S/c13-9(10-6-20-12(14)15-10)5-7-1-3-8(4-2-7)11-16-18-19-17-11/h1-4,6,9H,5,13H2,(H2,14,15)(H,16,17,18,19)/t9-/m0/s1. The summed E-state index contributed by atoms with van der Waals surface area (Å²) in [5.41, 5.74) is 14.6. The first-order chi connectivity index (χ1) is 9.72. The molecule has 102 valence electrons. The molecule has 0 aliphatic rings. The molecule has 0 spiro atoms. The van der Waals surface area contributed by atoms with Gasteiger partial charge in [-0.25, -0.2) is 4.98 Å². The van der Waals surface area contributed by atoms with Crippen molar-refractivity contribution in [2.75, 3.05) is 5.73 Å². The number of tetrazole rings is 1. The summed E-state index contributed by atoms with van der Waals surface area (Å²) in [4.78, 5) is 4.20. The molecule has 5 N–H and O–H groups in total. The number of hydrogen-bond acceptors (Lipinski definition) is 7. The summed E-state index contributed by atoms with van der Waals surface area (Å²) in [7, 11) is 0. The molecule has 0 saturated heterocycles. The Kier molecular flexibility index (Phi) is 3.40. The van der Waals surface area contributed by atoms with E-state index in [0.29, 0.717) is 17.4 Å². The van der Waals surface area contributed by atoms with E-state index in [1.165, 1.54) is 11.3 Å². The molecule has 0 unspecified atom stereocenters. The molecule has 0 saturated carbocycles. The van der Waals surface area contributed by atoms with Crippen LogP contribution in [0.15, 0.2) is 29.6 Å². The van der Waals surface area contributed by atoms with Crippen molar-refractivity contribution in [1.29, 1.82) is 0 Å². The molecule has 3 aromatic rings. The van der Waals surface area contributed by atoms with Crippen molar-refractivity contribution in [3.63, 3.8) is 0 Å². The highest BCUT2D eigenvalue weighted by molar-refractivity contribution is 7.13. The Balaban J connectivity index is 1.72. The van der Waals surface area contributed by atoms with Crippen LogP contribution in [0.25, 0.3) is 11.4 Å². The maximum absolute atomic E-state index is 6.12. The SMILES string of the molecule is Nc1nc([C@@H](N)Cc2ccc(-c3nn[nH]n3)cc2)cs1. The predicted octanol–water partition coefficient (Wildman–Crippen LogP) is 1.15. The topological polar surface area (TPSA) is 119 Å². The van der Waals surface area contributed by atoms with E-state index in [2.05, 4.69) is 25.6 Å². The molecule has 0 amide bonds. The van der Waals surface area contributed by atoms with E-state index in [1.807, 2.05) is 29.6 Å². The van der Waals surface area contributed by atoms with Gasteiger partial charge in [0.25, 0.3) is 0 Å². The highest BCUT2D eigenvalue weighted by Crippen LogP contribution is 2.21.